The van der Waals surface area contributed by atoms with Crippen LogP contribution < -0.4 is 10.1 Å². The molecular formula is C29H22FNO3. The molecule has 0 bridgehead atoms. The number of fused-ring (bicyclic) bond motifs is 2. The molecule has 0 aliphatic heterocycles. The van der Waals surface area contributed by atoms with Crippen molar-refractivity contribution in [2.45, 2.75) is 6.92 Å². The van der Waals surface area contributed by atoms with Gasteiger partial charge < -0.3 is 14.5 Å². The molecule has 0 radical (unpaired) electrons. The van der Waals surface area contributed by atoms with Gasteiger partial charge in [-0.3, -0.25) is 4.79 Å². The molecule has 0 atom stereocenters. The van der Waals surface area contributed by atoms with E-state index in [-0.39, 0.29) is 11.7 Å². The van der Waals surface area contributed by atoms with Crippen molar-refractivity contribution in [2.75, 3.05) is 12.4 Å². The van der Waals surface area contributed by atoms with Crippen LogP contribution in [-0.2, 0) is 4.79 Å². The summed E-state index contributed by atoms with van der Waals surface area (Å²) in [6.45, 7) is 1.87. The van der Waals surface area contributed by atoms with Crippen LogP contribution in [0, 0.1) is 5.82 Å². The molecule has 4 nitrogen and oxygen atoms in total. The molecule has 5 rings (SSSR count). The van der Waals surface area contributed by atoms with Gasteiger partial charge in [-0.25, -0.2) is 4.39 Å². The molecule has 5 aromatic rings. The monoisotopic (exact) mass is 451 g/mol. The highest BCUT2D eigenvalue weighted by Gasteiger charge is 2.15. The van der Waals surface area contributed by atoms with Crippen molar-refractivity contribution in [2.24, 2.45) is 0 Å². The molecule has 34 heavy (non-hydrogen) atoms. The molecule has 1 amide bonds. The minimum atomic E-state index is -0.296. The van der Waals surface area contributed by atoms with Gasteiger partial charge in [-0.15, -0.1) is 0 Å². The predicted molar refractivity (Wildman–Crippen MR) is 134 cm³/mol. The Morgan fingerprint density at radius 2 is 1.74 bits per heavy atom. The SMILES string of the molecule is COc1cc2occ(-c3ccc(F)cc3)c2cc1/C(C)=C/C(=O)Nc1cccc2ccccc12. The van der Waals surface area contributed by atoms with Crippen LogP contribution in [0.4, 0.5) is 10.1 Å². The Bertz CT molecular complexity index is 1540. The standard InChI is InChI=1S/C29H22FNO3/c1-18(14-29(32)31-26-9-5-7-19-6-3-4-8-22(19)26)23-15-24-25(20-10-12-21(30)13-11-20)17-34-28(24)16-27(23)33-2/h3-17H,1-2H3,(H,31,32)/b18-14+. The molecule has 0 aliphatic rings. The Balaban J connectivity index is 1.51. The molecule has 4 aromatic carbocycles. The zero-order chi connectivity index (χ0) is 23.7. The third-order valence-corrected chi connectivity index (χ3v) is 5.87. The summed E-state index contributed by atoms with van der Waals surface area (Å²) < 4.78 is 24.7. The minimum Gasteiger partial charge on any atom is -0.496 e. The lowest BCUT2D eigenvalue weighted by molar-refractivity contribution is -0.111. The normalized spacial score (nSPS) is 11.7. The Kier molecular flexibility index (Phi) is 5.60. The Labute approximate surface area is 196 Å². The van der Waals surface area contributed by atoms with Crippen molar-refractivity contribution in [3.8, 4) is 16.9 Å². The highest BCUT2D eigenvalue weighted by atomic mass is 19.1. The van der Waals surface area contributed by atoms with E-state index >= 15 is 0 Å². The van der Waals surface area contributed by atoms with Gasteiger partial charge in [0, 0.05) is 39.7 Å². The Morgan fingerprint density at radius 1 is 0.971 bits per heavy atom. The quantitative estimate of drug-likeness (QED) is 0.283. The van der Waals surface area contributed by atoms with Gasteiger partial charge in [0.15, 0.2) is 0 Å². The fourth-order valence-electron chi connectivity index (χ4n) is 4.16. The van der Waals surface area contributed by atoms with Crippen molar-refractivity contribution < 1.29 is 18.3 Å². The number of ether oxygens (including phenoxy) is 1. The van der Waals surface area contributed by atoms with Crippen LogP contribution in [0.2, 0.25) is 0 Å². The average molecular weight is 451 g/mol. The Hall–Kier alpha value is -4.38. The number of halogens is 1. The molecular weight excluding hydrogens is 429 g/mol. The second-order valence-electron chi connectivity index (χ2n) is 8.05. The van der Waals surface area contributed by atoms with Crippen molar-refractivity contribution >= 4 is 38.9 Å². The summed E-state index contributed by atoms with van der Waals surface area (Å²) in [5.41, 5.74) is 4.59. The minimum absolute atomic E-state index is 0.234. The van der Waals surface area contributed by atoms with Crippen molar-refractivity contribution in [3.05, 3.63) is 103 Å². The lowest BCUT2D eigenvalue weighted by atomic mass is 9.99. The van der Waals surface area contributed by atoms with E-state index in [1.165, 1.54) is 12.1 Å². The van der Waals surface area contributed by atoms with E-state index in [1.807, 2.05) is 55.5 Å². The van der Waals surface area contributed by atoms with E-state index in [0.29, 0.717) is 11.3 Å². The number of hydrogen-bond donors (Lipinski definition) is 1. The van der Waals surface area contributed by atoms with Gasteiger partial charge in [0.25, 0.3) is 0 Å². The number of furan rings is 1. The van der Waals surface area contributed by atoms with Crippen LogP contribution in [-0.4, -0.2) is 13.0 Å². The third kappa shape index (κ3) is 4.04. The van der Waals surface area contributed by atoms with Gasteiger partial charge in [-0.05, 0) is 47.7 Å². The van der Waals surface area contributed by atoms with Crippen molar-refractivity contribution in [1.29, 1.82) is 0 Å². The zero-order valence-corrected chi connectivity index (χ0v) is 18.8. The maximum atomic E-state index is 13.4. The maximum absolute atomic E-state index is 13.4. The highest BCUT2D eigenvalue weighted by Crippen LogP contribution is 2.37. The number of amides is 1. The fourth-order valence-corrected chi connectivity index (χ4v) is 4.16. The number of methoxy groups -OCH3 is 1. The topological polar surface area (TPSA) is 51.5 Å². The van der Waals surface area contributed by atoms with E-state index in [1.54, 1.807) is 37.6 Å². The van der Waals surface area contributed by atoms with Gasteiger partial charge in [-0.2, -0.15) is 0 Å². The van der Waals surface area contributed by atoms with Gasteiger partial charge in [0.05, 0.1) is 13.4 Å². The summed E-state index contributed by atoms with van der Waals surface area (Å²) in [4.78, 5) is 12.9. The zero-order valence-electron chi connectivity index (χ0n) is 18.8. The van der Waals surface area contributed by atoms with Crippen LogP contribution in [0.5, 0.6) is 5.75 Å². The number of allylic oxidation sites excluding steroid dienone is 1. The fraction of sp³-hybridized carbons (Fsp3) is 0.0690. The molecule has 168 valence electrons. The number of carbonyl (C=O) groups is 1. The third-order valence-electron chi connectivity index (χ3n) is 5.87. The first-order valence-corrected chi connectivity index (χ1v) is 10.9. The van der Waals surface area contributed by atoms with Gasteiger partial charge in [0.1, 0.15) is 17.1 Å². The number of benzene rings is 4. The first-order chi connectivity index (χ1) is 16.5. The molecule has 0 saturated heterocycles. The number of rotatable bonds is 5. The molecule has 0 aliphatic carbocycles. The summed E-state index contributed by atoms with van der Waals surface area (Å²) in [5, 5.41) is 5.87. The summed E-state index contributed by atoms with van der Waals surface area (Å²) in [5.74, 6) is 0.0658. The number of hydrogen-bond acceptors (Lipinski definition) is 3. The summed E-state index contributed by atoms with van der Waals surface area (Å²) in [7, 11) is 1.58. The summed E-state index contributed by atoms with van der Waals surface area (Å²) in [6, 6.07) is 23.7. The summed E-state index contributed by atoms with van der Waals surface area (Å²) >= 11 is 0. The smallest absolute Gasteiger partial charge is 0.248 e. The van der Waals surface area contributed by atoms with Gasteiger partial charge in [0.2, 0.25) is 5.91 Å². The molecule has 0 saturated carbocycles. The Morgan fingerprint density at radius 3 is 2.53 bits per heavy atom. The van der Waals surface area contributed by atoms with Crippen LogP contribution in [0.1, 0.15) is 12.5 Å². The predicted octanol–water partition coefficient (Wildman–Crippen LogP) is 7.44. The first-order valence-electron chi connectivity index (χ1n) is 10.9. The molecule has 0 unspecified atom stereocenters. The lowest BCUT2D eigenvalue weighted by Crippen LogP contribution is -2.09. The number of carbonyl (C=O) groups excluding carboxylic acids is 1. The molecule has 1 heterocycles. The first kappa shape index (κ1) is 21.5. The average Bonchev–Trinajstić information content (AvgIpc) is 3.26. The van der Waals surface area contributed by atoms with Crippen LogP contribution in [0.15, 0.2) is 95.6 Å². The molecule has 0 spiro atoms. The molecule has 5 heteroatoms. The number of anilines is 1. The largest absolute Gasteiger partial charge is 0.496 e. The van der Waals surface area contributed by atoms with Gasteiger partial charge >= 0.3 is 0 Å². The number of nitrogens with one attached hydrogen (secondary N) is 1. The van der Waals surface area contributed by atoms with Crippen LogP contribution in [0.3, 0.4) is 0 Å². The second kappa shape index (κ2) is 8.87. The maximum Gasteiger partial charge on any atom is 0.248 e. The van der Waals surface area contributed by atoms with E-state index in [4.69, 9.17) is 9.15 Å². The van der Waals surface area contributed by atoms with Crippen LogP contribution in [0.25, 0.3) is 38.4 Å². The second-order valence-corrected chi connectivity index (χ2v) is 8.05. The van der Waals surface area contributed by atoms with Crippen molar-refractivity contribution in [3.63, 3.8) is 0 Å². The molecule has 1 N–H and O–H groups in total. The van der Waals surface area contributed by atoms with E-state index in [0.717, 1.165) is 44.1 Å². The van der Waals surface area contributed by atoms with Crippen molar-refractivity contribution in [1.82, 2.24) is 0 Å². The van der Waals surface area contributed by atoms with Gasteiger partial charge in [-0.1, -0.05) is 48.5 Å². The highest BCUT2D eigenvalue weighted by molar-refractivity contribution is 6.09. The van der Waals surface area contributed by atoms with E-state index in [2.05, 4.69) is 5.32 Å². The van der Waals surface area contributed by atoms with E-state index < -0.39 is 0 Å². The van der Waals surface area contributed by atoms with E-state index in [9.17, 15) is 9.18 Å². The molecule has 0 fully saturated rings. The molecule has 1 aromatic heterocycles. The van der Waals surface area contributed by atoms with Crippen LogP contribution >= 0.6 is 0 Å². The summed E-state index contributed by atoms with van der Waals surface area (Å²) in [6.07, 6.45) is 3.20. The lowest BCUT2D eigenvalue weighted by Gasteiger charge is -2.11.